The highest BCUT2D eigenvalue weighted by molar-refractivity contribution is 6.31. The van der Waals surface area contributed by atoms with Crippen molar-refractivity contribution in [2.75, 3.05) is 18.5 Å². The van der Waals surface area contributed by atoms with E-state index in [2.05, 4.69) is 10.6 Å². The van der Waals surface area contributed by atoms with Gasteiger partial charge in [-0.05, 0) is 44.5 Å². The number of amides is 2. The van der Waals surface area contributed by atoms with Gasteiger partial charge in [0.1, 0.15) is 6.54 Å². The highest BCUT2D eigenvalue weighted by Gasteiger charge is 2.30. The summed E-state index contributed by atoms with van der Waals surface area (Å²) in [6, 6.07) is 6.25. The molecular formula is C20H21ClF3N3O4. The highest BCUT2D eigenvalue weighted by Crippen LogP contribution is 2.24. The van der Waals surface area contributed by atoms with Crippen LogP contribution in [0.25, 0.3) is 0 Å². The second-order valence-corrected chi connectivity index (χ2v) is 7.21. The minimum Gasteiger partial charge on any atom is -0.452 e. The van der Waals surface area contributed by atoms with Crippen LogP contribution < -0.4 is 10.6 Å². The molecule has 2 N–H and O–H groups in total. The van der Waals surface area contributed by atoms with Crippen molar-refractivity contribution in [1.29, 1.82) is 0 Å². The Morgan fingerprint density at radius 2 is 1.81 bits per heavy atom. The Morgan fingerprint density at radius 3 is 2.45 bits per heavy atom. The van der Waals surface area contributed by atoms with E-state index in [0.29, 0.717) is 16.3 Å². The minimum atomic E-state index is -4.44. The Hall–Kier alpha value is -3.01. The summed E-state index contributed by atoms with van der Waals surface area (Å²) in [7, 11) is 0. The molecule has 2 aromatic rings. The molecule has 0 atom stereocenters. The third-order valence-electron chi connectivity index (χ3n) is 4.45. The van der Waals surface area contributed by atoms with Gasteiger partial charge in [-0.25, -0.2) is 4.79 Å². The molecule has 11 heteroatoms. The van der Waals surface area contributed by atoms with E-state index in [1.54, 1.807) is 25.1 Å². The van der Waals surface area contributed by atoms with Gasteiger partial charge in [0, 0.05) is 22.1 Å². The SMILES string of the molecule is Cc1c(Cl)cccc1NC(=O)CNC(=O)COC(=O)c1cc(C)n(CC(F)(F)F)c1C. The average Bonchev–Trinajstić information content (AvgIpc) is 2.95. The zero-order valence-corrected chi connectivity index (χ0v) is 17.8. The standard InChI is InChI=1S/C20H21ClF3N3O4/c1-11-7-14(13(3)27(11)10-20(22,23)24)19(30)31-9-18(29)25-8-17(28)26-16-6-4-5-15(21)12(16)2/h4-7H,8-10H2,1-3H3,(H,25,29)(H,26,28). The van der Waals surface area contributed by atoms with Gasteiger partial charge in [0.15, 0.2) is 6.61 Å². The van der Waals surface area contributed by atoms with Gasteiger partial charge in [-0.15, -0.1) is 0 Å². The summed E-state index contributed by atoms with van der Waals surface area (Å²) in [6.07, 6.45) is -4.44. The topological polar surface area (TPSA) is 89.4 Å². The van der Waals surface area contributed by atoms with Crippen LogP contribution in [0.4, 0.5) is 18.9 Å². The van der Waals surface area contributed by atoms with Crippen molar-refractivity contribution < 1.29 is 32.3 Å². The van der Waals surface area contributed by atoms with Gasteiger partial charge >= 0.3 is 12.1 Å². The van der Waals surface area contributed by atoms with Crippen LogP contribution in [0.15, 0.2) is 24.3 Å². The lowest BCUT2D eigenvalue weighted by Gasteiger charge is -2.12. The first-order valence-corrected chi connectivity index (χ1v) is 9.49. The van der Waals surface area contributed by atoms with Crippen molar-refractivity contribution in [1.82, 2.24) is 9.88 Å². The molecule has 168 valence electrons. The molecule has 1 aromatic carbocycles. The quantitative estimate of drug-likeness (QED) is 0.620. The van der Waals surface area contributed by atoms with E-state index in [9.17, 15) is 27.6 Å². The maximum Gasteiger partial charge on any atom is 0.406 e. The predicted molar refractivity (Wildman–Crippen MR) is 108 cm³/mol. The molecule has 2 rings (SSSR count). The van der Waals surface area contributed by atoms with E-state index in [0.717, 1.165) is 4.57 Å². The predicted octanol–water partition coefficient (Wildman–Crippen LogP) is 3.54. The second-order valence-electron chi connectivity index (χ2n) is 6.80. The smallest absolute Gasteiger partial charge is 0.406 e. The van der Waals surface area contributed by atoms with Gasteiger partial charge in [0.05, 0.1) is 12.1 Å². The number of alkyl halides is 3. The van der Waals surface area contributed by atoms with Crippen LogP contribution in [0.5, 0.6) is 0 Å². The van der Waals surface area contributed by atoms with Crippen molar-refractivity contribution in [2.24, 2.45) is 0 Å². The number of carbonyl (C=O) groups is 3. The molecule has 7 nitrogen and oxygen atoms in total. The van der Waals surface area contributed by atoms with Crippen molar-refractivity contribution in [3.8, 4) is 0 Å². The number of ether oxygens (including phenoxy) is 1. The van der Waals surface area contributed by atoms with Gasteiger partial charge < -0.3 is 19.9 Å². The normalized spacial score (nSPS) is 11.2. The average molecular weight is 460 g/mol. The molecule has 0 unspecified atom stereocenters. The van der Waals surface area contributed by atoms with Crippen molar-refractivity contribution in [3.63, 3.8) is 0 Å². The first kappa shape index (κ1) is 24.3. The number of hydrogen-bond acceptors (Lipinski definition) is 4. The highest BCUT2D eigenvalue weighted by atomic mass is 35.5. The Bertz CT molecular complexity index is 1000. The van der Waals surface area contributed by atoms with Gasteiger partial charge in [-0.2, -0.15) is 13.2 Å². The molecule has 1 aromatic heterocycles. The molecule has 0 bridgehead atoms. The second kappa shape index (κ2) is 9.86. The number of benzene rings is 1. The number of aryl methyl sites for hydroxylation is 1. The van der Waals surface area contributed by atoms with Crippen LogP contribution in [0.2, 0.25) is 5.02 Å². The zero-order chi connectivity index (χ0) is 23.3. The molecule has 2 amide bonds. The molecule has 0 aliphatic rings. The fraction of sp³-hybridized carbons (Fsp3) is 0.350. The molecule has 1 heterocycles. The summed E-state index contributed by atoms with van der Waals surface area (Å²) < 4.78 is 43.8. The molecular weight excluding hydrogens is 439 g/mol. The molecule has 0 aliphatic carbocycles. The summed E-state index contributed by atoms with van der Waals surface area (Å²) in [5, 5.41) is 5.36. The number of carbonyl (C=O) groups excluding carboxylic acids is 3. The van der Waals surface area contributed by atoms with Gasteiger partial charge in [0.2, 0.25) is 5.91 Å². The molecule has 0 spiro atoms. The van der Waals surface area contributed by atoms with Gasteiger partial charge in [-0.1, -0.05) is 17.7 Å². The van der Waals surface area contributed by atoms with Crippen molar-refractivity contribution in [3.05, 3.63) is 51.8 Å². The molecule has 0 fully saturated rings. The van der Waals surface area contributed by atoms with Crippen LogP contribution in [0.1, 0.15) is 27.3 Å². The fourth-order valence-corrected chi connectivity index (χ4v) is 2.98. The van der Waals surface area contributed by atoms with Crippen molar-refractivity contribution in [2.45, 2.75) is 33.5 Å². The Kier molecular flexibility index (Phi) is 7.72. The van der Waals surface area contributed by atoms with Crippen molar-refractivity contribution >= 4 is 35.1 Å². The van der Waals surface area contributed by atoms with Crippen LogP contribution >= 0.6 is 11.6 Å². The molecule has 0 saturated carbocycles. The van der Waals surface area contributed by atoms with Crippen LogP contribution in [-0.4, -0.2) is 41.7 Å². The Labute approximate surface area is 181 Å². The summed E-state index contributed by atoms with van der Waals surface area (Å²) in [5.74, 6) is -2.19. The Balaban J connectivity index is 1.86. The van der Waals surface area contributed by atoms with E-state index in [1.807, 2.05) is 0 Å². The number of nitrogens with zero attached hydrogens (tertiary/aromatic N) is 1. The first-order chi connectivity index (χ1) is 14.4. The molecule has 0 aliphatic heterocycles. The summed E-state index contributed by atoms with van der Waals surface area (Å²) in [5.41, 5.74) is 1.41. The largest absolute Gasteiger partial charge is 0.452 e. The number of aromatic nitrogens is 1. The lowest BCUT2D eigenvalue weighted by molar-refractivity contribution is -0.141. The third-order valence-corrected chi connectivity index (χ3v) is 4.86. The van der Waals surface area contributed by atoms with E-state index < -0.39 is 37.1 Å². The number of esters is 1. The van der Waals surface area contributed by atoms with Crippen LogP contribution in [-0.2, 0) is 20.9 Å². The summed E-state index contributed by atoms with van der Waals surface area (Å²) in [6.45, 7) is 2.22. The minimum absolute atomic E-state index is 0.0660. The van der Waals surface area contributed by atoms with E-state index >= 15 is 0 Å². The number of nitrogens with one attached hydrogen (secondary N) is 2. The lowest BCUT2D eigenvalue weighted by atomic mass is 10.2. The number of rotatable bonds is 7. The zero-order valence-electron chi connectivity index (χ0n) is 17.0. The third kappa shape index (κ3) is 6.74. The van der Waals surface area contributed by atoms with Gasteiger partial charge in [0.25, 0.3) is 5.91 Å². The maximum atomic E-state index is 12.7. The van der Waals surface area contributed by atoms with E-state index in [1.165, 1.54) is 19.9 Å². The summed E-state index contributed by atoms with van der Waals surface area (Å²) >= 11 is 5.97. The Morgan fingerprint density at radius 1 is 1.13 bits per heavy atom. The van der Waals surface area contributed by atoms with E-state index in [-0.39, 0.29) is 23.5 Å². The molecule has 31 heavy (non-hydrogen) atoms. The van der Waals surface area contributed by atoms with Crippen LogP contribution in [0, 0.1) is 20.8 Å². The van der Waals surface area contributed by atoms with Crippen LogP contribution in [0.3, 0.4) is 0 Å². The fourth-order valence-electron chi connectivity index (χ4n) is 2.81. The van der Waals surface area contributed by atoms with Gasteiger partial charge in [-0.3, -0.25) is 9.59 Å². The number of anilines is 1. The maximum absolute atomic E-state index is 12.7. The summed E-state index contributed by atoms with van der Waals surface area (Å²) in [4.78, 5) is 36.0. The number of hydrogen-bond donors (Lipinski definition) is 2. The first-order valence-electron chi connectivity index (χ1n) is 9.11. The molecule has 0 saturated heterocycles. The van der Waals surface area contributed by atoms with E-state index in [4.69, 9.17) is 16.3 Å². The number of halogens is 4. The molecule has 0 radical (unpaired) electrons. The lowest BCUT2D eigenvalue weighted by Crippen LogP contribution is -2.35. The monoisotopic (exact) mass is 459 g/mol.